The molecule has 0 saturated heterocycles. The summed E-state index contributed by atoms with van der Waals surface area (Å²) < 4.78 is 5.76. The van der Waals surface area contributed by atoms with E-state index in [0.717, 1.165) is 38.5 Å². The van der Waals surface area contributed by atoms with Gasteiger partial charge in [-0.1, -0.05) is 48.9 Å². The number of phenols is 1. The summed E-state index contributed by atoms with van der Waals surface area (Å²) in [5.74, 6) is -2.26. The van der Waals surface area contributed by atoms with Crippen LogP contribution >= 0.6 is 23.2 Å². The van der Waals surface area contributed by atoms with E-state index in [4.69, 9.17) is 33.0 Å². The lowest BCUT2D eigenvalue weighted by molar-refractivity contribution is -0.139. The van der Waals surface area contributed by atoms with E-state index in [2.05, 4.69) is 10.6 Å². The predicted octanol–water partition coefficient (Wildman–Crippen LogP) is 5.36. The molecule has 10 heteroatoms. The van der Waals surface area contributed by atoms with Crippen LogP contribution in [0.4, 0.5) is 5.69 Å². The molecule has 0 atom stereocenters. The molecule has 0 aliphatic heterocycles. The Kier molecular flexibility index (Phi) is 8.41. The Bertz CT molecular complexity index is 1030. The maximum Gasteiger partial charge on any atom is 0.312 e. The highest BCUT2D eigenvalue weighted by Crippen LogP contribution is 2.39. The summed E-state index contributed by atoms with van der Waals surface area (Å²) in [5.41, 5.74) is 0.277. The van der Waals surface area contributed by atoms with Crippen molar-refractivity contribution in [3.8, 4) is 17.2 Å². The third-order valence-electron chi connectivity index (χ3n) is 5.22. The zero-order valence-corrected chi connectivity index (χ0v) is 19.2. The fourth-order valence-electron chi connectivity index (χ4n) is 3.64. The summed E-state index contributed by atoms with van der Waals surface area (Å²) in [4.78, 5) is 35.0. The average molecular weight is 495 g/mol. The molecule has 1 aliphatic rings. The van der Waals surface area contributed by atoms with Crippen LogP contribution in [0.25, 0.3) is 0 Å². The van der Waals surface area contributed by atoms with Gasteiger partial charge in [0.05, 0.1) is 15.6 Å². The lowest BCUT2D eigenvalue weighted by Gasteiger charge is -2.17. The molecule has 0 radical (unpaired) electrons. The average Bonchev–Trinajstić information content (AvgIpc) is 2.99. The van der Waals surface area contributed by atoms with Crippen LogP contribution in [0.2, 0.25) is 10.0 Å². The minimum atomic E-state index is -1.27. The Balaban J connectivity index is 1.74. The van der Waals surface area contributed by atoms with Gasteiger partial charge in [-0.25, -0.2) is 0 Å². The van der Waals surface area contributed by atoms with E-state index in [-0.39, 0.29) is 44.6 Å². The number of rotatable bonds is 7. The van der Waals surface area contributed by atoms with Gasteiger partial charge in [0.1, 0.15) is 17.9 Å². The van der Waals surface area contributed by atoms with Crippen LogP contribution in [0.5, 0.6) is 17.2 Å². The molecule has 2 aromatic carbocycles. The molecule has 0 bridgehead atoms. The van der Waals surface area contributed by atoms with E-state index in [1.54, 1.807) is 0 Å². The number of benzene rings is 2. The molecule has 2 aromatic rings. The molecule has 0 unspecified atom stereocenters. The number of carboxylic acid groups (broad SMARTS) is 1. The van der Waals surface area contributed by atoms with E-state index in [9.17, 15) is 19.5 Å². The van der Waals surface area contributed by atoms with Crippen LogP contribution in [-0.2, 0) is 9.59 Å². The maximum absolute atomic E-state index is 12.7. The lowest BCUT2D eigenvalue weighted by atomic mass is 10.1. The number of aliphatic carboxylic acids is 1. The molecule has 2 amide bonds. The van der Waals surface area contributed by atoms with Gasteiger partial charge in [0, 0.05) is 11.7 Å². The molecule has 1 fully saturated rings. The highest BCUT2D eigenvalue weighted by Gasteiger charge is 2.20. The second-order valence-electron chi connectivity index (χ2n) is 7.83. The minimum absolute atomic E-state index is 0.0608. The number of anilines is 1. The first-order chi connectivity index (χ1) is 15.7. The zero-order chi connectivity index (χ0) is 24.0. The molecule has 176 valence electrons. The topological polar surface area (TPSA) is 125 Å². The number of hydrogen-bond donors (Lipinski definition) is 4. The van der Waals surface area contributed by atoms with Crippen LogP contribution in [0.1, 0.15) is 55.3 Å². The van der Waals surface area contributed by atoms with Gasteiger partial charge in [-0.2, -0.15) is 0 Å². The molecule has 0 aromatic heterocycles. The Morgan fingerprint density at radius 1 is 1.00 bits per heavy atom. The summed E-state index contributed by atoms with van der Waals surface area (Å²) in [6.45, 7) is 0. The van der Waals surface area contributed by atoms with E-state index < -0.39 is 24.2 Å². The monoisotopic (exact) mass is 494 g/mol. The lowest BCUT2D eigenvalue weighted by Crippen LogP contribution is -2.34. The first-order valence-corrected chi connectivity index (χ1v) is 11.3. The SMILES string of the molecule is O=C(O)CC(=O)Nc1cc(Cl)c(Oc2ccc(O)c(C(=O)NC3CCCCCC3)c2)c(Cl)c1. The van der Waals surface area contributed by atoms with Crippen LogP contribution in [0, 0.1) is 0 Å². The normalized spacial score (nSPS) is 14.2. The number of hydrogen-bond acceptors (Lipinski definition) is 5. The van der Waals surface area contributed by atoms with Crippen molar-refractivity contribution in [1.29, 1.82) is 0 Å². The summed E-state index contributed by atoms with van der Waals surface area (Å²) >= 11 is 12.5. The highest BCUT2D eigenvalue weighted by molar-refractivity contribution is 6.37. The number of aromatic hydroxyl groups is 1. The van der Waals surface area contributed by atoms with Gasteiger partial charge in [0.25, 0.3) is 5.91 Å². The molecule has 0 spiro atoms. The summed E-state index contributed by atoms with van der Waals surface area (Å²) in [7, 11) is 0. The number of carbonyl (C=O) groups excluding carboxylic acids is 2. The van der Waals surface area contributed by atoms with Crippen molar-refractivity contribution < 1.29 is 29.3 Å². The van der Waals surface area contributed by atoms with Crippen molar-refractivity contribution in [3.05, 3.63) is 45.9 Å². The first-order valence-electron chi connectivity index (χ1n) is 10.6. The van der Waals surface area contributed by atoms with Crippen LogP contribution < -0.4 is 15.4 Å². The summed E-state index contributed by atoms with van der Waals surface area (Å²) in [6.07, 6.45) is 5.54. The van der Waals surface area contributed by atoms with Crippen LogP contribution in [0.3, 0.4) is 0 Å². The van der Waals surface area contributed by atoms with Gasteiger partial charge in [-0.3, -0.25) is 14.4 Å². The molecule has 1 saturated carbocycles. The number of carboxylic acids is 1. The van der Waals surface area contributed by atoms with Gasteiger partial charge >= 0.3 is 5.97 Å². The van der Waals surface area contributed by atoms with Crippen molar-refractivity contribution in [2.45, 2.75) is 51.0 Å². The van der Waals surface area contributed by atoms with Gasteiger partial charge < -0.3 is 25.6 Å². The predicted molar refractivity (Wildman–Crippen MR) is 124 cm³/mol. The fourth-order valence-corrected chi connectivity index (χ4v) is 4.20. The standard InChI is InChI=1S/C23H24Cl2N2O6/c24-17-9-14(26-20(29)12-21(30)31)10-18(25)22(17)33-15-7-8-19(28)16(11-15)23(32)27-13-5-3-1-2-4-6-13/h7-11,13,28H,1-6,12H2,(H,26,29)(H,27,32)(H,30,31). The zero-order valence-electron chi connectivity index (χ0n) is 17.7. The van der Waals surface area contributed by atoms with Crippen molar-refractivity contribution in [3.63, 3.8) is 0 Å². The number of halogens is 2. The third-order valence-corrected chi connectivity index (χ3v) is 5.78. The number of phenolic OH excluding ortho intramolecular Hbond substituents is 1. The number of amides is 2. The van der Waals surface area contributed by atoms with Crippen molar-refractivity contribution in [1.82, 2.24) is 5.32 Å². The number of nitrogens with one attached hydrogen (secondary N) is 2. The van der Waals surface area contributed by atoms with Gasteiger partial charge in [-0.15, -0.1) is 0 Å². The van der Waals surface area contributed by atoms with E-state index >= 15 is 0 Å². The van der Waals surface area contributed by atoms with Crippen LogP contribution in [0.15, 0.2) is 30.3 Å². The molecule has 33 heavy (non-hydrogen) atoms. The highest BCUT2D eigenvalue weighted by atomic mass is 35.5. The molecular weight excluding hydrogens is 471 g/mol. The van der Waals surface area contributed by atoms with Gasteiger partial charge in [0.2, 0.25) is 5.91 Å². The minimum Gasteiger partial charge on any atom is -0.507 e. The van der Waals surface area contributed by atoms with E-state index in [0.29, 0.717) is 0 Å². The third kappa shape index (κ3) is 7.00. The number of carbonyl (C=O) groups is 3. The Hall–Kier alpha value is -2.97. The largest absolute Gasteiger partial charge is 0.507 e. The van der Waals surface area contributed by atoms with E-state index in [1.807, 2.05) is 0 Å². The molecule has 8 nitrogen and oxygen atoms in total. The maximum atomic E-state index is 12.7. The Morgan fingerprint density at radius 2 is 1.64 bits per heavy atom. The quantitative estimate of drug-likeness (QED) is 0.303. The van der Waals surface area contributed by atoms with Gasteiger partial charge in [0.15, 0.2) is 5.75 Å². The van der Waals surface area contributed by atoms with E-state index in [1.165, 1.54) is 30.3 Å². The Morgan fingerprint density at radius 3 is 2.24 bits per heavy atom. The summed E-state index contributed by atoms with van der Waals surface area (Å²) in [5, 5.41) is 24.4. The van der Waals surface area contributed by atoms with Gasteiger partial charge in [-0.05, 0) is 43.2 Å². The second kappa shape index (κ2) is 11.2. The smallest absolute Gasteiger partial charge is 0.312 e. The first kappa shape index (κ1) is 24.7. The van der Waals surface area contributed by atoms with Crippen molar-refractivity contribution >= 4 is 46.7 Å². The molecule has 3 rings (SSSR count). The second-order valence-corrected chi connectivity index (χ2v) is 8.65. The van der Waals surface area contributed by atoms with Crippen molar-refractivity contribution in [2.24, 2.45) is 0 Å². The van der Waals surface area contributed by atoms with Crippen LogP contribution in [-0.4, -0.2) is 34.0 Å². The summed E-state index contributed by atoms with van der Waals surface area (Å²) in [6, 6.07) is 7.01. The Labute approximate surface area is 200 Å². The van der Waals surface area contributed by atoms with Crippen molar-refractivity contribution in [2.75, 3.05) is 5.32 Å². The molecule has 1 aliphatic carbocycles. The molecular formula is C23H24Cl2N2O6. The fraction of sp³-hybridized carbons (Fsp3) is 0.348. The number of ether oxygens (including phenoxy) is 1. The molecule has 4 N–H and O–H groups in total. The molecule has 0 heterocycles.